The summed E-state index contributed by atoms with van der Waals surface area (Å²) in [4.78, 5) is 35.7. The molecule has 130 valence electrons. The molecule has 0 saturated heterocycles. The summed E-state index contributed by atoms with van der Waals surface area (Å²) in [5.74, 6) is -2.30. The van der Waals surface area contributed by atoms with E-state index in [1.807, 2.05) is 0 Å². The van der Waals surface area contributed by atoms with E-state index in [2.05, 4.69) is 6.58 Å². The molecule has 0 bridgehead atoms. The first-order valence-electron chi connectivity index (χ1n) is 7.53. The molecule has 2 rings (SSSR count). The van der Waals surface area contributed by atoms with Crippen molar-refractivity contribution in [1.29, 1.82) is 0 Å². The molecule has 0 N–H and O–H groups in total. The van der Waals surface area contributed by atoms with Crippen molar-refractivity contribution in [3.63, 3.8) is 0 Å². The topological polar surface area (TPSA) is 78.9 Å². The SMILES string of the molecule is C=CCOc1ccc(/C=C/C(=O)[C@@H]2C(=O)C=C(C)OC2=O)cc1OC. The van der Waals surface area contributed by atoms with Crippen molar-refractivity contribution in [2.45, 2.75) is 6.92 Å². The summed E-state index contributed by atoms with van der Waals surface area (Å²) in [6, 6.07) is 5.08. The van der Waals surface area contributed by atoms with Gasteiger partial charge in [0.25, 0.3) is 0 Å². The standard InChI is InChI=1S/C19H18O6/c1-4-9-24-16-8-6-13(11-17(16)23-3)5-7-14(20)18-15(21)10-12(2)25-19(18)22/h4-8,10-11,18H,1,9H2,2-3H3/b7-5+/t18-/m1/s1. The number of ketones is 2. The highest BCUT2D eigenvalue weighted by Gasteiger charge is 2.36. The highest BCUT2D eigenvalue weighted by Crippen LogP contribution is 2.28. The number of hydrogen-bond donors (Lipinski definition) is 0. The summed E-state index contributed by atoms with van der Waals surface area (Å²) < 4.78 is 15.5. The molecule has 0 spiro atoms. The maximum atomic E-state index is 12.2. The molecule has 1 aromatic rings. The van der Waals surface area contributed by atoms with Crippen LogP contribution < -0.4 is 9.47 Å². The van der Waals surface area contributed by atoms with E-state index in [0.717, 1.165) is 6.08 Å². The number of esters is 1. The Morgan fingerprint density at radius 3 is 2.72 bits per heavy atom. The third kappa shape index (κ3) is 4.44. The van der Waals surface area contributed by atoms with E-state index in [4.69, 9.17) is 14.2 Å². The molecule has 1 aliphatic rings. The van der Waals surface area contributed by atoms with E-state index in [0.29, 0.717) is 23.7 Å². The third-order valence-corrected chi connectivity index (χ3v) is 3.40. The largest absolute Gasteiger partial charge is 0.493 e. The Hall–Kier alpha value is -3.15. The second-order valence-corrected chi connectivity index (χ2v) is 5.26. The highest BCUT2D eigenvalue weighted by atomic mass is 16.5. The van der Waals surface area contributed by atoms with Crippen molar-refractivity contribution in [2.24, 2.45) is 5.92 Å². The predicted octanol–water partition coefficient (Wildman–Crippen LogP) is 2.49. The summed E-state index contributed by atoms with van der Waals surface area (Å²) >= 11 is 0. The zero-order valence-electron chi connectivity index (χ0n) is 14.0. The van der Waals surface area contributed by atoms with Gasteiger partial charge in [-0.1, -0.05) is 24.8 Å². The van der Waals surface area contributed by atoms with Crippen LogP contribution in [0.5, 0.6) is 11.5 Å². The maximum absolute atomic E-state index is 12.2. The minimum Gasteiger partial charge on any atom is -0.493 e. The van der Waals surface area contributed by atoms with Crippen LogP contribution in [0.4, 0.5) is 0 Å². The predicted molar refractivity (Wildman–Crippen MR) is 91.1 cm³/mol. The first kappa shape index (κ1) is 18.2. The summed E-state index contributed by atoms with van der Waals surface area (Å²) in [6.07, 6.45) is 5.43. The fourth-order valence-corrected chi connectivity index (χ4v) is 2.23. The lowest BCUT2D eigenvalue weighted by Gasteiger charge is -2.15. The van der Waals surface area contributed by atoms with Crippen LogP contribution in [0.15, 0.2) is 48.8 Å². The molecule has 1 atom stereocenters. The van der Waals surface area contributed by atoms with Gasteiger partial charge in [-0.15, -0.1) is 0 Å². The van der Waals surface area contributed by atoms with E-state index in [1.54, 1.807) is 24.3 Å². The molecule has 0 saturated carbocycles. The Labute approximate surface area is 145 Å². The van der Waals surface area contributed by atoms with Gasteiger partial charge in [0.05, 0.1) is 7.11 Å². The van der Waals surface area contributed by atoms with Crippen LogP contribution in [0.25, 0.3) is 6.08 Å². The van der Waals surface area contributed by atoms with Crippen molar-refractivity contribution in [1.82, 2.24) is 0 Å². The molecule has 1 aliphatic heterocycles. The average molecular weight is 342 g/mol. The van der Waals surface area contributed by atoms with Crippen LogP contribution in [-0.2, 0) is 19.1 Å². The van der Waals surface area contributed by atoms with Gasteiger partial charge in [-0.05, 0) is 30.7 Å². The van der Waals surface area contributed by atoms with E-state index in [1.165, 1.54) is 26.2 Å². The summed E-state index contributed by atoms with van der Waals surface area (Å²) in [5, 5.41) is 0. The molecular weight excluding hydrogens is 324 g/mol. The van der Waals surface area contributed by atoms with Crippen LogP contribution in [0.3, 0.4) is 0 Å². The van der Waals surface area contributed by atoms with Crippen molar-refractivity contribution in [3.8, 4) is 11.5 Å². The fraction of sp³-hybridized carbons (Fsp3) is 0.211. The molecule has 0 fully saturated rings. The number of methoxy groups -OCH3 is 1. The lowest BCUT2D eigenvalue weighted by atomic mass is 9.96. The first-order chi connectivity index (χ1) is 12.0. The monoisotopic (exact) mass is 342 g/mol. The van der Waals surface area contributed by atoms with Crippen molar-refractivity contribution in [2.75, 3.05) is 13.7 Å². The lowest BCUT2D eigenvalue weighted by Crippen LogP contribution is -2.34. The number of benzene rings is 1. The third-order valence-electron chi connectivity index (χ3n) is 3.40. The molecule has 6 heteroatoms. The summed E-state index contributed by atoms with van der Waals surface area (Å²) in [7, 11) is 1.50. The molecule has 1 aromatic carbocycles. The normalized spacial score (nSPS) is 17.0. The minimum atomic E-state index is -1.45. The van der Waals surface area contributed by atoms with Gasteiger partial charge in [0.15, 0.2) is 29.0 Å². The Kier molecular flexibility index (Phi) is 5.89. The molecule has 0 amide bonds. The van der Waals surface area contributed by atoms with Gasteiger partial charge >= 0.3 is 5.97 Å². The zero-order valence-corrected chi connectivity index (χ0v) is 14.0. The van der Waals surface area contributed by atoms with Crippen molar-refractivity contribution < 1.29 is 28.6 Å². The lowest BCUT2D eigenvalue weighted by molar-refractivity contribution is -0.151. The van der Waals surface area contributed by atoms with Gasteiger partial charge < -0.3 is 14.2 Å². The molecule has 0 aromatic heterocycles. The van der Waals surface area contributed by atoms with Gasteiger partial charge in [0.1, 0.15) is 12.4 Å². The molecule has 6 nitrogen and oxygen atoms in total. The molecule has 0 aliphatic carbocycles. The van der Waals surface area contributed by atoms with E-state index < -0.39 is 23.5 Å². The van der Waals surface area contributed by atoms with Gasteiger partial charge in [0.2, 0.25) is 0 Å². The van der Waals surface area contributed by atoms with Gasteiger partial charge in [-0.2, -0.15) is 0 Å². The van der Waals surface area contributed by atoms with Gasteiger partial charge in [-0.3, -0.25) is 14.4 Å². The zero-order chi connectivity index (χ0) is 18.4. The Bertz CT molecular complexity index is 772. The Balaban J connectivity index is 2.15. The number of cyclic esters (lactones) is 1. The number of hydrogen-bond acceptors (Lipinski definition) is 6. The van der Waals surface area contributed by atoms with Crippen LogP contribution in [0, 0.1) is 5.92 Å². The van der Waals surface area contributed by atoms with E-state index in [-0.39, 0.29) is 5.76 Å². The smallest absolute Gasteiger partial charge is 0.329 e. The van der Waals surface area contributed by atoms with Crippen LogP contribution in [0.1, 0.15) is 12.5 Å². The summed E-state index contributed by atoms with van der Waals surface area (Å²) in [5.41, 5.74) is 0.652. The van der Waals surface area contributed by atoms with Crippen LogP contribution in [-0.4, -0.2) is 31.3 Å². The first-order valence-corrected chi connectivity index (χ1v) is 7.53. The molecule has 25 heavy (non-hydrogen) atoms. The Morgan fingerprint density at radius 2 is 2.08 bits per heavy atom. The number of carbonyl (C=O) groups is 3. The molecule has 1 heterocycles. The molecule has 0 radical (unpaired) electrons. The van der Waals surface area contributed by atoms with Crippen LogP contribution >= 0.6 is 0 Å². The number of carbonyl (C=O) groups excluding carboxylic acids is 3. The van der Waals surface area contributed by atoms with Gasteiger partial charge in [-0.25, -0.2) is 0 Å². The highest BCUT2D eigenvalue weighted by molar-refractivity contribution is 6.25. The quantitative estimate of drug-likeness (QED) is 0.328. The molecular formula is C19H18O6. The molecule has 0 unspecified atom stereocenters. The second kappa shape index (κ2) is 8.10. The average Bonchev–Trinajstić information content (AvgIpc) is 2.57. The van der Waals surface area contributed by atoms with Crippen LogP contribution in [0.2, 0.25) is 0 Å². The Morgan fingerprint density at radius 1 is 1.32 bits per heavy atom. The maximum Gasteiger partial charge on any atom is 0.329 e. The number of ether oxygens (including phenoxy) is 3. The second-order valence-electron chi connectivity index (χ2n) is 5.26. The minimum absolute atomic E-state index is 0.183. The van der Waals surface area contributed by atoms with E-state index >= 15 is 0 Å². The van der Waals surface area contributed by atoms with Crippen molar-refractivity contribution in [3.05, 3.63) is 54.3 Å². The number of allylic oxidation sites excluding steroid dienone is 3. The fourth-order valence-electron chi connectivity index (χ4n) is 2.23. The van der Waals surface area contributed by atoms with E-state index in [9.17, 15) is 14.4 Å². The van der Waals surface area contributed by atoms with Crippen molar-refractivity contribution >= 4 is 23.6 Å². The van der Waals surface area contributed by atoms with Gasteiger partial charge in [0, 0.05) is 6.08 Å². The number of rotatable bonds is 7. The summed E-state index contributed by atoms with van der Waals surface area (Å²) in [6.45, 7) is 5.39.